The standard InChI is InChI=1S/C48H93NO5/c1-3-5-7-9-11-13-15-17-19-21-23-24-26-27-29-31-33-35-37-39-41-45(51)47(53)44(43-50)49-48(54)46(52)42-40-38-36-34-32-30-28-25-22-20-18-16-14-12-10-8-6-4-2/h26-27,33,35,44-47,50-53H,3-25,28-32,34,36-43H2,1-2H3,(H,49,54)/b27-26+,35-33+. The fourth-order valence-corrected chi connectivity index (χ4v) is 7.36. The number of carbonyl (C=O) groups excluding carboxylic acids is 1. The zero-order chi connectivity index (χ0) is 39.6. The summed E-state index contributed by atoms with van der Waals surface area (Å²) >= 11 is 0. The molecule has 6 heteroatoms. The van der Waals surface area contributed by atoms with E-state index >= 15 is 0 Å². The molecule has 0 aliphatic carbocycles. The number of allylic oxidation sites excluding steroid dienone is 4. The summed E-state index contributed by atoms with van der Waals surface area (Å²) in [7, 11) is 0. The molecule has 4 atom stereocenters. The molecule has 1 amide bonds. The van der Waals surface area contributed by atoms with Gasteiger partial charge in [0.2, 0.25) is 5.91 Å². The smallest absolute Gasteiger partial charge is 0.249 e. The van der Waals surface area contributed by atoms with Crippen LogP contribution in [-0.4, -0.2) is 57.3 Å². The van der Waals surface area contributed by atoms with E-state index in [4.69, 9.17) is 0 Å². The maximum Gasteiger partial charge on any atom is 0.249 e. The molecule has 0 aromatic rings. The van der Waals surface area contributed by atoms with Crippen LogP contribution < -0.4 is 5.32 Å². The molecule has 54 heavy (non-hydrogen) atoms. The highest BCUT2D eigenvalue weighted by Gasteiger charge is 2.28. The molecular weight excluding hydrogens is 671 g/mol. The van der Waals surface area contributed by atoms with E-state index in [0.717, 1.165) is 38.5 Å². The van der Waals surface area contributed by atoms with Gasteiger partial charge in [0.15, 0.2) is 0 Å². The van der Waals surface area contributed by atoms with Gasteiger partial charge in [0, 0.05) is 0 Å². The summed E-state index contributed by atoms with van der Waals surface area (Å²) in [5.74, 6) is -0.594. The van der Waals surface area contributed by atoms with E-state index in [1.807, 2.05) is 0 Å². The molecule has 0 bridgehead atoms. The van der Waals surface area contributed by atoms with Gasteiger partial charge in [-0.05, 0) is 51.4 Å². The Labute approximate surface area is 335 Å². The summed E-state index contributed by atoms with van der Waals surface area (Å²) in [5.41, 5.74) is 0. The van der Waals surface area contributed by atoms with Crippen molar-refractivity contribution < 1.29 is 25.2 Å². The number of rotatable bonds is 43. The van der Waals surface area contributed by atoms with E-state index in [1.54, 1.807) is 0 Å². The van der Waals surface area contributed by atoms with Crippen molar-refractivity contribution in [3.63, 3.8) is 0 Å². The Morgan fingerprint density at radius 2 is 0.778 bits per heavy atom. The van der Waals surface area contributed by atoms with Crippen LogP contribution >= 0.6 is 0 Å². The molecular formula is C48H93NO5. The van der Waals surface area contributed by atoms with Crippen molar-refractivity contribution in [3.05, 3.63) is 24.3 Å². The number of aliphatic hydroxyl groups is 4. The van der Waals surface area contributed by atoms with E-state index in [0.29, 0.717) is 19.3 Å². The van der Waals surface area contributed by atoms with Gasteiger partial charge in [-0.25, -0.2) is 0 Å². The van der Waals surface area contributed by atoms with E-state index in [-0.39, 0.29) is 0 Å². The number of carbonyl (C=O) groups is 1. The van der Waals surface area contributed by atoms with Crippen LogP contribution in [0.2, 0.25) is 0 Å². The molecule has 0 saturated heterocycles. The first-order valence-corrected chi connectivity index (χ1v) is 23.7. The molecule has 0 aliphatic rings. The zero-order valence-corrected chi connectivity index (χ0v) is 36.0. The minimum absolute atomic E-state index is 0.364. The number of aliphatic hydroxyl groups excluding tert-OH is 4. The first-order chi connectivity index (χ1) is 26.5. The highest BCUT2D eigenvalue weighted by atomic mass is 16.3. The van der Waals surface area contributed by atoms with Crippen LogP contribution in [0.5, 0.6) is 0 Å². The van der Waals surface area contributed by atoms with Crippen LogP contribution in [0.4, 0.5) is 0 Å². The Balaban J connectivity index is 3.76. The van der Waals surface area contributed by atoms with Crippen molar-refractivity contribution in [2.24, 2.45) is 0 Å². The molecule has 0 radical (unpaired) electrons. The third-order valence-corrected chi connectivity index (χ3v) is 11.1. The van der Waals surface area contributed by atoms with E-state index in [2.05, 4.69) is 43.5 Å². The van der Waals surface area contributed by atoms with Gasteiger partial charge in [-0.3, -0.25) is 4.79 Å². The van der Waals surface area contributed by atoms with Gasteiger partial charge in [-0.15, -0.1) is 0 Å². The minimum Gasteiger partial charge on any atom is -0.394 e. The molecule has 4 unspecified atom stereocenters. The predicted octanol–water partition coefficient (Wildman–Crippen LogP) is 12.7. The predicted molar refractivity (Wildman–Crippen MR) is 233 cm³/mol. The van der Waals surface area contributed by atoms with Crippen LogP contribution in [-0.2, 0) is 4.79 Å². The van der Waals surface area contributed by atoms with Crippen molar-refractivity contribution in [2.45, 2.75) is 269 Å². The monoisotopic (exact) mass is 764 g/mol. The molecule has 6 nitrogen and oxygen atoms in total. The maximum atomic E-state index is 12.5. The SMILES string of the molecule is CCCCCCCCCCCCC/C=C/CC/C=C/CCCC(O)C(O)C(CO)NC(=O)C(O)CCCCCCCCCCCCCCCCCCCC. The quantitative estimate of drug-likeness (QED) is 0.0314. The second-order valence-corrected chi connectivity index (χ2v) is 16.4. The zero-order valence-electron chi connectivity index (χ0n) is 36.0. The van der Waals surface area contributed by atoms with Gasteiger partial charge in [-0.1, -0.05) is 218 Å². The first kappa shape index (κ1) is 52.8. The van der Waals surface area contributed by atoms with Crippen molar-refractivity contribution in [2.75, 3.05) is 6.61 Å². The van der Waals surface area contributed by atoms with E-state index in [9.17, 15) is 25.2 Å². The summed E-state index contributed by atoms with van der Waals surface area (Å²) in [6.07, 6.45) is 49.3. The molecule has 0 aromatic carbocycles. The summed E-state index contributed by atoms with van der Waals surface area (Å²) in [4.78, 5) is 12.5. The molecule has 0 spiro atoms. The van der Waals surface area contributed by atoms with Crippen LogP contribution in [0.3, 0.4) is 0 Å². The van der Waals surface area contributed by atoms with Crippen molar-refractivity contribution >= 4 is 5.91 Å². The molecule has 0 rings (SSSR count). The van der Waals surface area contributed by atoms with Crippen molar-refractivity contribution in [1.82, 2.24) is 5.32 Å². The third kappa shape index (κ3) is 36.4. The Kier molecular flexibility index (Phi) is 42.0. The van der Waals surface area contributed by atoms with E-state index in [1.165, 1.54) is 173 Å². The number of unbranched alkanes of at least 4 members (excludes halogenated alkanes) is 30. The fraction of sp³-hybridized carbons (Fsp3) is 0.896. The van der Waals surface area contributed by atoms with Crippen molar-refractivity contribution in [1.29, 1.82) is 0 Å². The normalized spacial score (nSPS) is 14.3. The Bertz CT molecular complexity index is 817. The molecule has 0 heterocycles. The summed E-state index contributed by atoms with van der Waals surface area (Å²) in [6, 6.07) is -1.00. The van der Waals surface area contributed by atoms with Crippen LogP contribution in [0.25, 0.3) is 0 Å². The van der Waals surface area contributed by atoms with Crippen LogP contribution in [0, 0.1) is 0 Å². The van der Waals surface area contributed by atoms with Gasteiger partial charge in [0.05, 0.1) is 18.8 Å². The highest BCUT2D eigenvalue weighted by Crippen LogP contribution is 2.16. The lowest BCUT2D eigenvalue weighted by Gasteiger charge is -2.27. The van der Waals surface area contributed by atoms with Gasteiger partial charge in [0.25, 0.3) is 0 Å². The summed E-state index contributed by atoms with van der Waals surface area (Å²) < 4.78 is 0. The van der Waals surface area contributed by atoms with Crippen LogP contribution in [0.15, 0.2) is 24.3 Å². The molecule has 320 valence electrons. The van der Waals surface area contributed by atoms with Gasteiger partial charge in [-0.2, -0.15) is 0 Å². The van der Waals surface area contributed by atoms with Crippen LogP contribution in [0.1, 0.15) is 245 Å². The maximum absolute atomic E-state index is 12.5. The highest BCUT2D eigenvalue weighted by molar-refractivity contribution is 5.80. The average Bonchev–Trinajstić information content (AvgIpc) is 3.18. The van der Waals surface area contributed by atoms with Gasteiger partial charge in [0.1, 0.15) is 12.2 Å². The topological polar surface area (TPSA) is 110 Å². The van der Waals surface area contributed by atoms with Crippen molar-refractivity contribution in [3.8, 4) is 0 Å². The number of amides is 1. The Hall–Kier alpha value is -1.21. The van der Waals surface area contributed by atoms with Gasteiger partial charge < -0.3 is 25.7 Å². The largest absolute Gasteiger partial charge is 0.394 e. The Morgan fingerprint density at radius 1 is 0.444 bits per heavy atom. The number of hydrogen-bond donors (Lipinski definition) is 5. The van der Waals surface area contributed by atoms with Gasteiger partial charge >= 0.3 is 0 Å². The molecule has 5 N–H and O–H groups in total. The van der Waals surface area contributed by atoms with E-state index < -0.39 is 36.9 Å². The third-order valence-electron chi connectivity index (χ3n) is 11.1. The molecule has 0 fully saturated rings. The lowest BCUT2D eigenvalue weighted by atomic mass is 10.00. The summed E-state index contributed by atoms with van der Waals surface area (Å²) in [6.45, 7) is 4.05. The summed E-state index contributed by atoms with van der Waals surface area (Å²) in [5, 5.41) is 43.7. The minimum atomic E-state index is -1.29. The Morgan fingerprint density at radius 3 is 1.17 bits per heavy atom. The molecule has 0 aliphatic heterocycles. The molecule has 0 saturated carbocycles. The first-order valence-electron chi connectivity index (χ1n) is 23.7. The molecule has 0 aromatic heterocycles. The fourth-order valence-electron chi connectivity index (χ4n) is 7.36. The lowest BCUT2D eigenvalue weighted by molar-refractivity contribution is -0.132. The average molecular weight is 764 g/mol. The second kappa shape index (κ2) is 42.9. The number of hydrogen-bond acceptors (Lipinski definition) is 5. The lowest BCUT2D eigenvalue weighted by Crippen LogP contribution is -2.53. The second-order valence-electron chi connectivity index (χ2n) is 16.4. The number of nitrogens with one attached hydrogen (secondary N) is 1.